The zero-order chi connectivity index (χ0) is 21.4. The summed E-state index contributed by atoms with van der Waals surface area (Å²) in [5.41, 5.74) is 4.95. The normalized spacial score (nSPS) is 18.4. The maximum atomic E-state index is 12.3. The van der Waals surface area contributed by atoms with E-state index in [1.54, 1.807) is 11.8 Å². The number of amides is 2. The Morgan fingerprint density at radius 1 is 1.20 bits per heavy atom. The molecule has 156 valence electrons. The van der Waals surface area contributed by atoms with Crippen LogP contribution < -0.4 is 10.2 Å². The molecule has 0 unspecified atom stereocenters. The van der Waals surface area contributed by atoms with Gasteiger partial charge in [0.2, 0.25) is 5.91 Å². The number of hydrogen-bond donors (Lipinski definition) is 2. The third-order valence-electron chi connectivity index (χ3n) is 5.55. The fourth-order valence-electron chi connectivity index (χ4n) is 4.35. The number of ether oxygens (including phenoxy) is 1. The van der Waals surface area contributed by atoms with E-state index < -0.39 is 6.09 Å². The highest BCUT2D eigenvalue weighted by atomic mass is 16.6. The van der Waals surface area contributed by atoms with Crippen LogP contribution in [0.2, 0.25) is 0 Å². The number of benzene rings is 2. The van der Waals surface area contributed by atoms with Gasteiger partial charge in [-0.05, 0) is 56.5 Å². The molecule has 0 saturated carbocycles. The molecule has 3 aromatic rings. The van der Waals surface area contributed by atoms with Gasteiger partial charge < -0.3 is 19.9 Å². The Labute approximate surface area is 176 Å². The van der Waals surface area contributed by atoms with Gasteiger partial charge in [0.05, 0.1) is 12.1 Å². The molecular weight excluding hydrogens is 378 g/mol. The fourth-order valence-corrected chi connectivity index (χ4v) is 4.35. The SMILES string of the molecule is CC(=O)N1c2ccc(-c3c[nH]c4ccccc34)cc2[C@H](NC(=O)OC(C)C)C[C@@H]1C. The molecule has 6 heteroatoms. The van der Waals surface area contributed by atoms with Crippen LogP contribution in [-0.4, -0.2) is 29.1 Å². The van der Waals surface area contributed by atoms with Crippen molar-refractivity contribution in [2.24, 2.45) is 0 Å². The molecular formula is C24H27N3O3. The summed E-state index contributed by atoms with van der Waals surface area (Å²) in [6.45, 7) is 7.22. The van der Waals surface area contributed by atoms with Gasteiger partial charge in [0.15, 0.2) is 0 Å². The van der Waals surface area contributed by atoms with Crippen molar-refractivity contribution in [3.8, 4) is 11.1 Å². The van der Waals surface area contributed by atoms with Gasteiger partial charge >= 0.3 is 6.09 Å². The molecule has 0 spiro atoms. The summed E-state index contributed by atoms with van der Waals surface area (Å²) in [6, 6.07) is 14.0. The zero-order valence-electron chi connectivity index (χ0n) is 17.7. The summed E-state index contributed by atoms with van der Waals surface area (Å²) < 4.78 is 5.30. The summed E-state index contributed by atoms with van der Waals surface area (Å²) in [7, 11) is 0. The van der Waals surface area contributed by atoms with Crippen LogP contribution in [0.3, 0.4) is 0 Å². The Balaban J connectivity index is 1.78. The Bertz CT molecular complexity index is 1100. The third kappa shape index (κ3) is 3.65. The van der Waals surface area contributed by atoms with E-state index >= 15 is 0 Å². The summed E-state index contributed by atoms with van der Waals surface area (Å²) >= 11 is 0. The smallest absolute Gasteiger partial charge is 0.407 e. The highest BCUT2D eigenvalue weighted by Gasteiger charge is 2.34. The maximum absolute atomic E-state index is 12.3. The minimum atomic E-state index is -0.443. The van der Waals surface area contributed by atoms with Crippen molar-refractivity contribution in [1.29, 1.82) is 0 Å². The largest absolute Gasteiger partial charge is 0.447 e. The number of aromatic nitrogens is 1. The third-order valence-corrected chi connectivity index (χ3v) is 5.55. The van der Waals surface area contributed by atoms with Gasteiger partial charge in [0.1, 0.15) is 0 Å². The molecule has 2 amide bonds. The van der Waals surface area contributed by atoms with Crippen LogP contribution in [0.5, 0.6) is 0 Å². The van der Waals surface area contributed by atoms with Crippen LogP contribution in [0.15, 0.2) is 48.7 Å². The Hall–Kier alpha value is -3.28. The van der Waals surface area contributed by atoms with Crippen molar-refractivity contribution in [2.75, 3.05) is 4.90 Å². The molecule has 0 radical (unpaired) electrons. The van der Waals surface area contributed by atoms with E-state index in [0.717, 1.165) is 33.3 Å². The molecule has 0 bridgehead atoms. The standard InChI is InChI=1S/C24H27N3O3/c1-14(2)30-24(29)26-22-11-15(3)27(16(4)28)23-10-9-17(12-19(22)23)20-13-25-21-8-6-5-7-18(20)21/h5-10,12-15,22,25H,11H2,1-4H3,(H,26,29)/t15-,22+/m0/s1. The van der Waals surface area contributed by atoms with Crippen LogP contribution in [0.25, 0.3) is 22.0 Å². The lowest BCUT2D eigenvalue weighted by Gasteiger charge is -2.39. The van der Waals surface area contributed by atoms with Gasteiger partial charge in [-0.2, -0.15) is 0 Å². The van der Waals surface area contributed by atoms with Crippen molar-refractivity contribution in [3.63, 3.8) is 0 Å². The number of nitrogens with one attached hydrogen (secondary N) is 2. The van der Waals surface area contributed by atoms with Crippen LogP contribution >= 0.6 is 0 Å². The van der Waals surface area contributed by atoms with Gasteiger partial charge in [-0.25, -0.2) is 4.79 Å². The van der Waals surface area contributed by atoms with Crippen LogP contribution in [0, 0.1) is 0 Å². The monoisotopic (exact) mass is 405 g/mol. The average Bonchev–Trinajstić information content (AvgIpc) is 3.11. The molecule has 30 heavy (non-hydrogen) atoms. The minimum Gasteiger partial charge on any atom is -0.447 e. The second kappa shape index (κ2) is 7.86. The molecule has 2 aromatic carbocycles. The highest BCUT2D eigenvalue weighted by molar-refractivity contribution is 5.98. The number of fused-ring (bicyclic) bond motifs is 2. The Morgan fingerprint density at radius 3 is 2.70 bits per heavy atom. The highest BCUT2D eigenvalue weighted by Crippen LogP contribution is 2.40. The summed E-state index contributed by atoms with van der Waals surface area (Å²) in [5.74, 6) is -0.00759. The van der Waals surface area contributed by atoms with Crippen LogP contribution in [0.4, 0.5) is 10.5 Å². The molecule has 0 aliphatic carbocycles. The number of hydrogen-bond acceptors (Lipinski definition) is 3. The second-order valence-electron chi connectivity index (χ2n) is 8.15. The fraction of sp³-hybridized carbons (Fsp3) is 0.333. The summed E-state index contributed by atoms with van der Waals surface area (Å²) in [5, 5.41) is 4.13. The van der Waals surface area contributed by atoms with E-state index in [2.05, 4.69) is 22.4 Å². The zero-order valence-corrected chi connectivity index (χ0v) is 17.7. The van der Waals surface area contributed by atoms with Crippen molar-refractivity contribution >= 4 is 28.6 Å². The Morgan fingerprint density at radius 2 is 1.97 bits per heavy atom. The number of H-pyrrole nitrogens is 1. The Kier molecular flexibility index (Phi) is 5.24. The van der Waals surface area contributed by atoms with E-state index in [0.29, 0.717) is 6.42 Å². The van der Waals surface area contributed by atoms with Gasteiger partial charge in [-0.3, -0.25) is 4.79 Å². The molecule has 1 aliphatic heterocycles. The van der Waals surface area contributed by atoms with Crippen molar-refractivity contribution < 1.29 is 14.3 Å². The van der Waals surface area contributed by atoms with E-state index in [9.17, 15) is 9.59 Å². The first-order valence-corrected chi connectivity index (χ1v) is 10.3. The van der Waals surface area contributed by atoms with E-state index in [1.807, 2.05) is 57.3 Å². The predicted octanol–water partition coefficient (Wildman–Crippen LogP) is 5.16. The quantitative estimate of drug-likeness (QED) is 0.632. The van der Waals surface area contributed by atoms with E-state index in [4.69, 9.17) is 4.74 Å². The van der Waals surface area contributed by atoms with Crippen molar-refractivity contribution in [3.05, 3.63) is 54.2 Å². The van der Waals surface area contributed by atoms with Gasteiger partial charge in [-0.15, -0.1) is 0 Å². The predicted molar refractivity (Wildman–Crippen MR) is 118 cm³/mol. The van der Waals surface area contributed by atoms with Gasteiger partial charge in [0.25, 0.3) is 0 Å². The first-order valence-electron chi connectivity index (χ1n) is 10.3. The summed E-state index contributed by atoms with van der Waals surface area (Å²) in [4.78, 5) is 29.8. The molecule has 1 aromatic heterocycles. The van der Waals surface area contributed by atoms with Crippen molar-refractivity contribution in [1.82, 2.24) is 10.3 Å². The number of alkyl carbamates (subject to hydrolysis) is 1. The number of rotatable bonds is 3. The first-order chi connectivity index (χ1) is 14.3. The molecule has 4 rings (SSSR count). The molecule has 0 saturated heterocycles. The van der Waals surface area contributed by atoms with Gasteiger partial charge in [-0.1, -0.05) is 24.3 Å². The average molecular weight is 405 g/mol. The van der Waals surface area contributed by atoms with E-state index in [1.165, 1.54) is 0 Å². The lowest BCUT2D eigenvalue weighted by molar-refractivity contribution is -0.117. The number of carbonyl (C=O) groups is 2. The number of anilines is 1. The molecule has 1 aliphatic rings. The molecule has 0 fully saturated rings. The first kappa shape index (κ1) is 20.0. The van der Waals surface area contributed by atoms with Crippen molar-refractivity contribution in [2.45, 2.75) is 52.3 Å². The lowest BCUT2D eigenvalue weighted by Crippen LogP contribution is -2.45. The molecule has 2 N–H and O–H groups in total. The lowest BCUT2D eigenvalue weighted by atomic mass is 9.89. The van der Waals surface area contributed by atoms with Crippen LogP contribution in [-0.2, 0) is 9.53 Å². The van der Waals surface area contributed by atoms with E-state index in [-0.39, 0.29) is 24.1 Å². The molecule has 2 heterocycles. The number of para-hydroxylation sites is 1. The summed E-state index contributed by atoms with van der Waals surface area (Å²) in [6.07, 6.45) is 1.98. The van der Waals surface area contributed by atoms with Crippen LogP contribution in [0.1, 0.15) is 45.7 Å². The minimum absolute atomic E-state index is 0.00759. The number of nitrogens with zero attached hydrogens (tertiary/aromatic N) is 1. The molecule has 6 nitrogen and oxygen atoms in total. The second-order valence-corrected chi connectivity index (χ2v) is 8.15. The van der Waals surface area contributed by atoms with Gasteiger partial charge in [0, 0.05) is 41.3 Å². The topological polar surface area (TPSA) is 74.4 Å². The maximum Gasteiger partial charge on any atom is 0.407 e. The number of carbonyl (C=O) groups excluding carboxylic acids is 2. The number of aromatic amines is 1. The molecule has 2 atom stereocenters.